The van der Waals surface area contributed by atoms with Gasteiger partial charge in [0.2, 0.25) is 0 Å². The molecule has 0 saturated carbocycles. The molecular weight excluding hydrogens is 318 g/mol. The first-order valence-corrected chi connectivity index (χ1v) is 7.64. The molecule has 0 unspecified atom stereocenters. The Labute approximate surface area is 145 Å². The van der Waals surface area contributed by atoms with Gasteiger partial charge in [0.1, 0.15) is 0 Å². The van der Waals surface area contributed by atoms with Gasteiger partial charge in [0.25, 0.3) is 0 Å². The second-order valence-corrected chi connectivity index (χ2v) is 5.51. The van der Waals surface area contributed by atoms with Crippen LogP contribution in [-0.4, -0.2) is 16.8 Å². The van der Waals surface area contributed by atoms with Gasteiger partial charge in [-0.1, -0.05) is 30.3 Å². The summed E-state index contributed by atoms with van der Waals surface area (Å²) in [6, 6.07) is 14.1. The number of nitrogen functional groups attached to an aromatic ring is 1. The van der Waals surface area contributed by atoms with Gasteiger partial charge in [0, 0.05) is 23.9 Å². The maximum Gasteiger partial charge on any atom is 0.303 e. The van der Waals surface area contributed by atoms with Gasteiger partial charge in [-0.25, -0.2) is 5.84 Å². The second-order valence-electron chi connectivity index (χ2n) is 5.51. The third-order valence-corrected chi connectivity index (χ3v) is 3.66. The van der Waals surface area contributed by atoms with E-state index < -0.39 is 5.97 Å². The van der Waals surface area contributed by atoms with Gasteiger partial charge in [-0.2, -0.15) is 0 Å². The van der Waals surface area contributed by atoms with Crippen molar-refractivity contribution >= 4 is 23.1 Å². The van der Waals surface area contributed by atoms with Gasteiger partial charge >= 0.3 is 5.97 Å². The number of aliphatic carboxylic acids is 1. The third kappa shape index (κ3) is 4.82. The van der Waals surface area contributed by atoms with Crippen molar-refractivity contribution in [1.82, 2.24) is 0 Å². The topological polar surface area (TPSA) is 142 Å². The molecule has 2 aromatic rings. The number of benzene rings is 2. The molecule has 0 spiro atoms. The summed E-state index contributed by atoms with van der Waals surface area (Å²) in [5.41, 5.74) is 14.7. The summed E-state index contributed by atoms with van der Waals surface area (Å²) in [6.07, 6.45) is 1.98. The smallest absolute Gasteiger partial charge is 0.303 e. The van der Waals surface area contributed by atoms with E-state index in [-0.39, 0.29) is 17.8 Å². The number of allylic oxidation sites excluding steroid dienone is 1. The number of aryl methyl sites for hydroxylation is 1. The first-order chi connectivity index (χ1) is 11.9. The molecular formula is C18H21N5O2. The highest BCUT2D eigenvalue weighted by Crippen LogP contribution is 2.17. The molecule has 0 atom stereocenters. The maximum absolute atomic E-state index is 10.6. The number of carbonyl (C=O) groups is 1. The van der Waals surface area contributed by atoms with Gasteiger partial charge < -0.3 is 16.6 Å². The van der Waals surface area contributed by atoms with Crippen LogP contribution in [0.2, 0.25) is 0 Å². The fourth-order valence-electron chi connectivity index (χ4n) is 2.26. The average molecular weight is 339 g/mol. The number of carboxylic acid groups (broad SMARTS) is 1. The highest BCUT2D eigenvalue weighted by Gasteiger charge is 2.09. The Morgan fingerprint density at radius 3 is 2.40 bits per heavy atom. The van der Waals surface area contributed by atoms with Crippen LogP contribution in [0.5, 0.6) is 0 Å². The van der Waals surface area contributed by atoms with Crippen LogP contribution in [0.15, 0.2) is 60.4 Å². The number of anilines is 2. The first kappa shape index (κ1) is 18.0. The molecule has 0 aliphatic carbocycles. The molecule has 2 aromatic carbocycles. The number of para-hydroxylation sites is 1. The Morgan fingerprint density at radius 1 is 1.16 bits per heavy atom. The fourth-order valence-corrected chi connectivity index (χ4v) is 2.26. The van der Waals surface area contributed by atoms with Gasteiger partial charge in [0.15, 0.2) is 0 Å². The predicted molar refractivity (Wildman–Crippen MR) is 99.0 cm³/mol. The zero-order chi connectivity index (χ0) is 18.4. The molecule has 0 radical (unpaired) electrons. The summed E-state index contributed by atoms with van der Waals surface area (Å²) in [5.74, 6) is 5.14. The van der Waals surface area contributed by atoms with Crippen molar-refractivity contribution in [3.8, 4) is 0 Å². The summed E-state index contributed by atoms with van der Waals surface area (Å²) >= 11 is 0. The number of hydrogen-bond acceptors (Lipinski definition) is 6. The van der Waals surface area contributed by atoms with Gasteiger partial charge in [-0.05, 0) is 30.2 Å². The molecule has 0 aliphatic rings. The molecule has 25 heavy (non-hydrogen) atoms. The van der Waals surface area contributed by atoms with Crippen LogP contribution < -0.4 is 22.3 Å². The lowest BCUT2D eigenvalue weighted by atomic mass is 10.1. The molecule has 0 fully saturated rings. The molecule has 0 bridgehead atoms. The van der Waals surface area contributed by atoms with E-state index in [0.29, 0.717) is 23.4 Å². The minimum absolute atomic E-state index is 0.0776. The van der Waals surface area contributed by atoms with E-state index in [1.54, 1.807) is 36.4 Å². The van der Waals surface area contributed by atoms with E-state index in [1.807, 2.05) is 12.1 Å². The number of nitrogens with zero attached hydrogens (tertiary/aromatic N) is 1. The standard InChI is InChI=1S/C18H21N5O2/c19-15-4-2-1-3-14(15)18(21)16(20)11-23(22)13-8-5-12(6-9-13)7-10-17(24)25/h1-6,8-9,11,21H,7,10,19-20,22H2,(H,24,25)/b16-11-,21-18?. The lowest BCUT2D eigenvalue weighted by Crippen LogP contribution is -2.28. The van der Waals surface area contributed by atoms with Crippen molar-refractivity contribution in [1.29, 1.82) is 5.41 Å². The van der Waals surface area contributed by atoms with Crippen LogP contribution in [0.4, 0.5) is 11.4 Å². The van der Waals surface area contributed by atoms with Crippen LogP contribution in [0.1, 0.15) is 17.5 Å². The number of hydrogen-bond donors (Lipinski definition) is 5. The Hall–Kier alpha value is -3.32. The average Bonchev–Trinajstić information content (AvgIpc) is 2.60. The van der Waals surface area contributed by atoms with Gasteiger partial charge in [-0.3, -0.25) is 15.2 Å². The largest absolute Gasteiger partial charge is 0.481 e. The van der Waals surface area contributed by atoms with Gasteiger partial charge in [-0.15, -0.1) is 0 Å². The van der Waals surface area contributed by atoms with Crippen LogP contribution >= 0.6 is 0 Å². The van der Waals surface area contributed by atoms with Crippen LogP contribution in [0.3, 0.4) is 0 Å². The number of nitrogens with one attached hydrogen (secondary N) is 1. The Balaban J connectivity index is 2.10. The van der Waals surface area contributed by atoms with Gasteiger partial charge in [0.05, 0.1) is 17.1 Å². The van der Waals surface area contributed by atoms with Crippen LogP contribution in [0, 0.1) is 5.41 Å². The van der Waals surface area contributed by atoms with Crippen LogP contribution in [0.25, 0.3) is 0 Å². The molecule has 0 saturated heterocycles. The van der Waals surface area contributed by atoms with Crippen molar-refractivity contribution in [3.05, 3.63) is 71.6 Å². The van der Waals surface area contributed by atoms with E-state index in [9.17, 15) is 4.79 Å². The van der Waals surface area contributed by atoms with Crippen molar-refractivity contribution in [3.63, 3.8) is 0 Å². The van der Waals surface area contributed by atoms with E-state index in [2.05, 4.69) is 0 Å². The molecule has 0 heterocycles. The molecule has 130 valence electrons. The van der Waals surface area contributed by atoms with E-state index >= 15 is 0 Å². The molecule has 7 nitrogen and oxygen atoms in total. The first-order valence-electron chi connectivity index (χ1n) is 7.64. The monoisotopic (exact) mass is 339 g/mol. The zero-order valence-electron chi connectivity index (χ0n) is 13.6. The molecule has 8 N–H and O–H groups in total. The number of rotatable bonds is 7. The fraction of sp³-hybridized carbons (Fsp3) is 0.111. The molecule has 0 aliphatic heterocycles. The maximum atomic E-state index is 10.6. The van der Waals surface area contributed by atoms with E-state index in [4.69, 9.17) is 27.8 Å². The van der Waals surface area contributed by atoms with Crippen molar-refractivity contribution in [2.45, 2.75) is 12.8 Å². The quantitative estimate of drug-likeness (QED) is 0.225. The minimum Gasteiger partial charge on any atom is -0.481 e. The lowest BCUT2D eigenvalue weighted by molar-refractivity contribution is -0.136. The predicted octanol–water partition coefficient (Wildman–Crippen LogP) is 1.83. The zero-order valence-corrected chi connectivity index (χ0v) is 13.6. The summed E-state index contributed by atoms with van der Waals surface area (Å²) < 4.78 is 0. The molecule has 0 amide bonds. The molecule has 0 aromatic heterocycles. The summed E-state index contributed by atoms with van der Waals surface area (Å²) in [6.45, 7) is 0. The number of carboxylic acids is 1. The van der Waals surface area contributed by atoms with E-state index in [1.165, 1.54) is 11.2 Å². The molecule has 2 rings (SSSR count). The minimum atomic E-state index is -0.834. The molecule has 7 heteroatoms. The van der Waals surface area contributed by atoms with Crippen LogP contribution in [-0.2, 0) is 11.2 Å². The summed E-state index contributed by atoms with van der Waals surface area (Å²) in [5, 5.41) is 18.2. The normalized spacial score (nSPS) is 11.2. The highest BCUT2D eigenvalue weighted by atomic mass is 16.4. The van der Waals surface area contributed by atoms with Crippen molar-refractivity contribution in [2.75, 3.05) is 10.7 Å². The third-order valence-electron chi connectivity index (χ3n) is 3.66. The lowest BCUT2D eigenvalue weighted by Gasteiger charge is -2.16. The Kier molecular flexibility index (Phi) is 5.75. The highest BCUT2D eigenvalue weighted by molar-refractivity contribution is 6.13. The number of hydrazine groups is 1. The van der Waals surface area contributed by atoms with Crippen molar-refractivity contribution < 1.29 is 9.90 Å². The van der Waals surface area contributed by atoms with E-state index in [0.717, 1.165) is 5.56 Å². The Bertz CT molecular complexity index is 799. The SMILES string of the molecule is N=C(/C(N)=C/N(N)c1ccc(CCC(=O)O)cc1)c1ccccc1N. The van der Waals surface area contributed by atoms with Crippen molar-refractivity contribution in [2.24, 2.45) is 11.6 Å². The summed E-state index contributed by atoms with van der Waals surface area (Å²) in [4.78, 5) is 10.6. The Morgan fingerprint density at radius 2 is 1.80 bits per heavy atom. The summed E-state index contributed by atoms with van der Waals surface area (Å²) in [7, 11) is 0. The second kappa shape index (κ2) is 7.98. The number of nitrogens with two attached hydrogens (primary N) is 3.